The van der Waals surface area contributed by atoms with E-state index in [2.05, 4.69) is 19.2 Å². The molecule has 1 N–H and O–H groups in total. The van der Waals surface area contributed by atoms with E-state index in [4.69, 9.17) is 4.74 Å². The molecule has 1 aliphatic carbocycles. The lowest BCUT2D eigenvalue weighted by molar-refractivity contribution is -0.0765. The van der Waals surface area contributed by atoms with E-state index in [0.717, 1.165) is 6.61 Å². The summed E-state index contributed by atoms with van der Waals surface area (Å²) < 4.78 is 5.89. The van der Waals surface area contributed by atoms with E-state index in [9.17, 15) is 0 Å². The molecule has 70 valence electrons. The summed E-state index contributed by atoms with van der Waals surface area (Å²) in [6, 6.07) is 0.547. The van der Waals surface area contributed by atoms with Gasteiger partial charge in [0.25, 0.3) is 0 Å². The Bertz CT molecular complexity index is 167. The van der Waals surface area contributed by atoms with Crippen molar-refractivity contribution < 1.29 is 4.74 Å². The molecule has 12 heavy (non-hydrogen) atoms. The second-order valence-corrected chi connectivity index (χ2v) is 4.39. The fraction of sp³-hybridized carbons (Fsp3) is 1.00. The Morgan fingerprint density at radius 3 is 2.75 bits per heavy atom. The van der Waals surface area contributed by atoms with E-state index in [1.54, 1.807) is 0 Å². The van der Waals surface area contributed by atoms with Crippen LogP contribution in [0.2, 0.25) is 0 Å². The molecule has 1 heterocycles. The molecule has 0 aromatic carbocycles. The Labute approximate surface area is 74.7 Å². The number of hydrogen-bond donors (Lipinski definition) is 1. The fourth-order valence-electron chi connectivity index (χ4n) is 2.52. The Hall–Kier alpha value is -0.0800. The monoisotopic (exact) mass is 169 g/mol. The molecule has 0 unspecified atom stereocenters. The van der Waals surface area contributed by atoms with E-state index < -0.39 is 0 Å². The van der Waals surface area contributed by atoms with Crippen LogP contribution in [0.5, 0.6) is 0 Å². The molecule has 1 spiro atoms. The zero-order valence-electron chi connectivity index (χ0n) is 8.10. The van der Waals surface area contributed by atoms with Crippen molar-refractivity contribution in [1.82, 2.24) is 5.32 Å². The largest absolute Gasteiger partial charge is 0.359 e. The van der Waals surface area contributed by atoms with Gasteiger partial charge in [0, 0.05) is 6.04 Å². The van der Waals surface area contributed by atoms with Gasteiger partial charge in [0.15, 0.2) is 0 Å². The predicted octanol–water partition coefficient (Wildman–Crippen LogP) is 1.90. The first-order chi connectivity index (χ1) is 5.73. The maximum atomic E-state index is 5.89. The molecule has 0 aromatic rings. The fourth-order valence-corrected chi connectivity index (χ4v) is 2.52. The average Bonchev–Trinajstić information content (AvgIpc) is 2.41. The minimum atomic E-state index is 0.0532. The molecule has 2 fully saturated rings. The van der Waals surface area contributed by atoms with Crippen molar-refractivity contribution in [3.63, 3.8) is 0 Å². The third-order valence-corrected chi connectivity index (χ3v) is 3.31. The highest BCUT2D eigenvalue weighted by molar-refractivity contribution is 4.93. The summed E-state index contributed by atoms with van der Waals surface area (Å²) in [7, 11) is 0. The Morgan fingerprint density at radius 2 is 2.17 bits per heavy atom. The van der Waals surface area contributed by atoms with Crippen molar-refractivity contribution >= 4 is 0 Å². The van der Waals surface area contributed by atoms with E-state index in [1.165, 1.54) is 25.7 Å². The third kappa shape index (κ3) is 1.27. The van der Waals surface area contributed by atoms with Gasteiger partial charge in [-0.1, -0.05) is 13.3 Å². The highest BCUT2D eigenvalue weighted by atomic mass is 16.5. The smallest absolute Gasteiger partial charge is 0.122 e. The molecule has 2 aliphatic rings. The van der Waals surface area contributed by atoms with Crippen LogP contribution in [-0.2, 0) is 4.74 Å². The summed E-state index contributed by atoms with van der Waals surface area (Å²) in [6.45, 7) is 5.41. The van der Waals surface area contributed by atoms with Gasteiger partial charge in [0.05, 0.1) is 6.61 Å². The maximum Gasteiger partial charge on any atom is 0.122 e. The van der Waals surface area contributed by atoms with Gasteiger partial charge in [-0.2, -0.15) is 0 Å². The quantitative estimate of drug-likeness (QED) is 0.598. The highest BCUT2D eigenvalue weighted by Crippen LogP contribution is 2.37. The van der Waals surface area contributed by atoms with Gasteiger partial charge < -0.3 is 4.74 Å². The molecular weight excluding hydrogens is 150 g/mol. The summed E-state index contributed by atoms with van der Waals surface area (Å²) in [5.41, 5.74) is 0.0532. The standard InChI is InChI=1S/C10H19NO/c1-8-5-3-4-6-10(8)11-9(2)7-12-10/h8-9,11H,3-7H2,1-2H3/t8-,9-,10+/m0/s1. The van der Waals surface area contributed by atoms with E-state index in [1.807, 2.05) is 0 Å². The van der Waals surface area contributed by atoms with E-state index >= 15 is 0 Å². The molecule has 1 saturated heterocycles. The van der Waals surface area contributed by atoms with Gasteiger partial charge in [-0.25, -0.2) is 0 Å². The van der Waals surface area contributed by atoms with Crippen molar-refractivity contribution in [2.24, 2.45) is 5.92 Å². The first kappa shape index (κ1) is 8.52. The maximum absolute atomic E-state index is 5.89. The first-order valence-corrected chi connectivity index (χ1v) is 5.14. The molecule has 1 aliphatic heterocycles. The predicted molar refractivity (Wildman–Crippen MR) is 48.9 cm³/mol. The van der Waals surface area contributed by atoms with Crippen LogP contribution in [0.15, 0.2) is 0 Å². The number of hydrogen-bond acceptors (Lipinski definition) is 2. The van der Waals surface area contributed by atoms with Crippen LogP contribution in [0.4, 0.5) is 0 Å². The van der Waals surface area contributed by atoms with Crippen molar-refractivity contribution in [3.8, 4) is 0 Å². The Kier molecular flexibility index (Phi) is 2.13. The Balaban J connectivity index is 2.07. The molecule has 1 saturated carbocycles. The molecular formula is C10H19NO. The van der Waals surface area contributed by atoms with Crippen molar-refractivity contribution in [2.45, 2.75) is 51.3 Å². The van der Waals surface area contributed by atoms with Crippen LogP contribution in [0.1, 0.15) is 39.5 Å². The van der Waals surface area contributed by atoms with Crippen molar-refractivity contribution in [3.05, 3.63) is 0 Å². The minimum absolute atomic E-state index is 0.0532. The molecule has 3 atom stereocenters. The van der Waals surface area contributed by atoms with Crippen molar-refractivity contribution in [1.29, 1.82) is 0 Å². The van der Waals surface area contributed by atoms with Crippen LogP contribution < -0.4 is 5.32 Å². The second-order valence-electron chi connectivity index (χ2n) is 4.39. The zero-order valence-corrected chi connectivity index (χ0v) is 8.10. The van der Waals surface area contributed by atoms with Gasteiger partial charge in [-0.3, -0.25) is 5.32 Å². The lowest BCUT2D eigenvalue weighted by atomic mass is 9.82. The van der Waals surface area contributed by atoms with Crippen LogP contribution >= 0.6 is 0 Å². The lowest BCUT2D eigenvalue weighted by Crippen LogP contribution is -2.50. The van der Waals surface area contributed by atoms with Gasteiger partial charge in [0.2, 0.25) is 0 Å². The summed E-state index contributed by atoms with van der Waals surface area (Å²) >= 11 is 0. The zero-order chi connectivity index (χ0) is 8.60. The van der Waals surface area contributed by atoms with Gasteiger partial charge in [-0.15, -0.1) is 0 Å². The molecule has 2 rings (SSSR count). The summed E-state index contributed by atoms with van der Waals surface area (Å²) in [5.74, 6) is 0.691. The van der Waals surface area contributed by atoms with E-state index in [0.29, 0.717) is 12.0 Å². The second kappa shape index (κ2) is 3.00. The highest BCUT2D eigenvalue weighted by Gasteiger charge is 2.43. The average molecular weight is 169 g/mol. The number of nitrogens with one attached hydrogen (secondary N) is 1. The van der Waals surface area contributed by atoms with Crippen LogP contribution in [0.3, 0.4) is 0 Å². The van der Waals surface area contributed by atoms with Crippen LogP contribution in [0.25, 0.3) is 0 Å². The Morgan fingerprint density at radius 1 is 1.33 bits per heavy atom. The number of rotatable bonds is 0. The SMILES string of the molecule is C[C@H]1CO[C@@]2(CCCC[C@@H]2C)N1. The minimum Gasteiger partial charge on any atom is -0.359 e. The molecule has 0 bridgehead atoms. The van der Waals surface area contributed by atoms with Gasteiger partial charge >= 0.3 is 0 Å². The summed E-state index contributed by atoms with van der Waals surface area (Å²) in [6.07, 6.45) is 5.23. The van der Waals surface area contributed by atoms with E-state index in [-0.39, 0.29) is 5.72 Å². The topological polar surface area (TPSA) is 21.3 Å². The molecule has 2 nitrogen and oxygen atoms in total. The van der Waals surface area contributed by atoms with Crippen LogP contribution in [0, 0.1) is 5.92 Å². The molecule has 0 aromatic heterocycles. The summed E-state index contributed by atoms with van der Waals surface area (Å²) in [4.78, 5) is 0. The molecule has 2 heteroatoms. The lowest BCUT2D eigenvalue weighted by Gasteiger charge is -2.38. The summed E-state index contributed by atoms with van der Waals surface area (Å²) in [5, 5.41) is 3.60. The van der Waals surface area contributed by atoms with Crippen LogP contribution in [-0.4, -0.2) is 18.4 Å². The molecule has 0 radical (unpaired) electrons. The first-order valence-electron chi connectivity index (χ1n) is 5.14. The number of ether oxygens (including phenoxy) is 1. The van der Waals surface area contributed by atoms with Gasteiger partial charge in [-0.05, 0) is 32.1 Å². The third-order valence-electron chi connectivity index (χ3n) is 3.31. The normalized spacial score (nSPS) is 48.5. The van der Waals surface area contributed by atoms with Crippen molar-refractivity contribution in [2.75, 3.05) is 6.61 Å². The molecule has 0 amide bonds. The van der Waals surface area contributed by atoms with Gasteiger partial charge in [0.1, 0.15) is 5.72 Å².